The van der Waals surface area contributed by atoms with Crippen molar-refractivity contribution in [1.82, 2.24) is 10.3 Å². The quantitative estimate of drug-likeness (QED) is 0.928. The van der Waals surface area contributed by atoms with E-state index in [4.69, 9.17) is 9.15 Å². The van der Waals surface area contributed by atoms with E-state index in [9.17, 15) is 4.79 Å². The third-order valence-corrected chi connectivity index (χ3v) is 5.04. The Morgan fingerprint density at radius 1 is 1.41 bits per heavy atom. The van der Waals surface area contributed by atoms with Gasteiger partial charge in [-0.3, -0.25) is 4.79 Å². The van der Waals surface area contributed by atoms with E-state index in [2.05, 4.69) is 31.1 Å². The molecular formula is C17H26N2O3. The van der Waals surface area contributed by atoms with E-state index in [-0.39, 0.29) is 18.1 Å². The van der Waals surface area contributed by atoms with Gasteiger partial charge in [0, 0.05) is 12.6 Å². The van der Waals surface area contributed by atoms with E-state index in [1.165, 1.54) is 6.39 Å². The molecule has 5 heteroatoms. The summed E-state index contributed by atoms with van der Waals surface area (Å²) in [7, 11) is 0. The highest BCUT2D eigenvalue weighted by molar-refractivity contribution is 5.93. The van der Waals surface area contributed by atoms with Gasteiger partial charge in [-0.15, -0.1) is 0 Å². The number of ether oxygens (including phenoxy) is 1. The molecule has 0 bridgehead atoms. The first-order valence-corrected chi connectivity index (χ1v) is 8.32. The van der Waals surface area contributed by atoms with Gasteiger partial charge in [0.1, 0.15) is 6.10 Å². The standard InChI is InChI=1S/C17H26N2O3/c1-11-9-17(2,3)7-6-12(11)19-16(20)14-15(22-10-18-14)13-5-4-8-21-13/h10-13H,4-9H2,1-3H3,(H,19,20)/t11-,12-,13+/m1/s1. The molecule has 0 unspecified atom stereocenters. The van der Waals surface area contributed by atoms with Gasteiger partial charge in [0.25, 0.3) is 5.91 Å². The zero-order valence-corrected chi connectivity index (χ0v) is 13.7. The summed E-state index contributed by atoms with van der Waals surface area (Å²) < 4.78 is 11.0. The van der Waals surface area contributed by atoms with Crippen molar-refractivity contribution in [3.05, 3.63) is 17.8 Å². The highest BCUT2D eigenvalue weighted by Crippen LogP contribution is 2.38. The fourth-order valence-corrected chi connectivity index (χ4v) is 3.84. The molecule has 1 amide bonds. The summed E-state index contributed by atoms with van der Waals surface area (Å²) in [6, 6.07) is 0.217. The van der Waals surface area contributed by atoms with E-state index >= 15 is 0 Å². The van der Waals surface area contributed by atoms with Crippen molar-refractivity contribution in [1.29, 1.82) is 0 Å². The van der Waals surface area contributed by atoms with Gasteiger partial charge in [0.2, 0.25) is 0 Å². The minimum atomic E-state index is -0.129. The molecule has 1 aliphatic heterocycles. The number of hydrogen-bond donors (Lipinski definition) is 1. The summed E-state index contributed by atoms with van der Waals surface area (Å²) in [5.41, 5.74) is 0.765. The molecule has 2 aliphatic rings. The van der Waals surface area contributed by atoms with Crippen LogP contribution in [0.15, 0.2) is 10.8 Å². The van der Waals surface area contributed by atoms with Gasteiger partial charge in [0.15, 0.2) is 17.8 Å². The van der Waals surface area contributed by atoms with Gasteiger partial charge in [-0.25, -0.2) is 4.98 Å². The van der Waals surface area contributed by atoms with Gasteiger partial charge >= 0.3 is 0 Å². The van der Waals surface area contributed by atoms with Crippen molar-refractivity contribution in [2.24, 2.45) is 11.3 Å². The summed E-state index contributed by atoms with van der Waals surface area (Å²) in [6.45, 7) is 7.54. The lowest BCUT2D eigenvalue weighted by Gasteiger charge is -2.39. The van der Waals surface area contributed by atoms with Gasteiger partial charge < -0.3 is 14.5 Å². The van der Waals surface area contributed by atoms with Crippen LogP contribution in [0.1, 0.15) is 75.2 Å². The van der Waals surface area contributed by atoms with Crippen LogP contribution >= 0.6 is 0 Å². The lowest BCUT2D eigenvalue weighted by atomic mass is 9.70. The largest absolute Gasteiger partial charge is 0.445 e. The maximum absolute atomic E-state index is 12.6. The van der Waals surface area contributed by atoms with Crippen molar-refractivity contribution >= 4 is 5.91 Å². The van der Waals surface area contributed by atoms with Gasteiger partial charge in [0.05, 0.1) is 0 Å². The van der Waals surface area contributed by atoms with Crippen molar-refractivity contribution < 1.29 is 13.9 Å². The molecule has 1 saturated carbocycles. The minimum Gasteiger partial charge on any atom is -0.445 e. The van der Waals surface area contributed by atoms with Crippen LogP contribution in [0.3, 0.4) is 0 Å². The smallest absolute Gasteiger partial charge is 0.273 e. The number of aromatic nitrogens is 1. The molecule has 2 heterocycles. The summed E-state index contributed by atoms with van der Waals surface area (Å²) in [4.78, 5) is 16.7. The highest BCUT2D eigenvalue weighted by Gasteiger charge is 2.35. The van der Waals surface area contributed by atoms with Crippen molar-refractivity contribution in [2.75, 3.05) is 6.61 Å². The molecular weight excluding hydrogens is 280 g/mol. The minimum absolute atomic E-state index is 0.119. The predicted octanol–water partition coefficient (Wildman–Crippen LogP) is 3.47. The predicted molar refractivity (Wildman–Crippen MR) is 82.5 cm³/mol. The molecule has 122 valence electrons. The van der Waals surface area contributed by atoms with Crippen LogP contribution in [-0.2, 0) is 4.74 Å². The summed E-state index contributed by atoms with van der Waals surface area (Å²) in [6.07, 6.45) is 6.41. The van der Waals surface area contributed by atoms with Crippen molar-refractivity contribution in [3.63, 3.8) is 0 Å². The van der Waals surface area contributed by atoms with Crippen molar-refractivity contribution in [2.45, 2.75) is 65.0 Å². The molecule has 0 spiro atoms. The number of carbonyl (C=O) groups excluding carboxylic acids is 1. The fourth-order valence-electron chi connectivity index (χ4n) is 3.84. The average Bonchev–Trinajstić information content (AvgIpc) is 3.10. The second-order valence-electron chi connectivity index (χ2n) is 7.53. The average molecular weight is 306 g/mol. The third-order valence-electron chi connectivity index (χ3n) is 5.04. The van der Waals surface area contributed by atoms with E-state index in [1.54, 1.807) is 0 Å². The monoisotopic (exact) mass is 306 g/mol. The number of nitrogens with one attached hydrogen (secondary N) is 1. The van der Waals surface area contributed by atoms with E-state index < -0.39 is 0 Å². The number of rotatable bonds is 3. The van der Waals surface area contributed by atoms with Crippen LogP contribution in [-0.4, -0.2) is 23.5 Å². The molecule has 1 saturated heterocycles. The Labute approximate surface area is 131 Å². The molecule has 1 aliphatic carbocycles. The Bertz CT molecular complexity index is 532. The van der Waals surface area contributed by atoms with E-state index in [0.717, 1.165) is 38.7 Å². The SMILES string of the molecule is C[C@@H]1CC(C)(C)CC[C@H]1NC(=O)c1ncoc1[C@@H]1CCCO1. The fraction of sp³-hybridized carbons (Fsp3) is 0.765. The first-order valence-electron chi connectivity index (χ1n) is 8.32. The molecule has 1 N–H and O–H groups in total. The number of carbonyl (C=O) groups is 1. The zero-order valence-electron chi connectivity index (χ0n) is 13.7. The molecule has 3 atom stereocenters. The summed E-state index contributed by atoms with van der Waals surface area (Å²) in [5.74, 6) is 0.931. The topological polar surface area (TPSA) is 64.4 Å². The Morgan fingerprint density at radius 2 is 2.23 bits per heavy atom. The molecule has 1 aromatic heterocycles. The van der Waals surface area contributed by atoms with Gasteiger partial charge in [-0.05, 0) is 43.4 Å². The lowest BCUT2D eigenvalue weighted by molar-refractivity contribution is 0.0807. The molecule has 3 rings (SSSR count). The van der Waals surface area contributed by atoms with E-state index in [1.807, 2.05) is 0 Å². The molecule has 1 aromatic rings. The van der Waals surface area contributed by atoms with Crippen LogP contribution in [0.25, 0.3) is 0 Å². The van der Waals surface area contributed by atoms with Crippen LogP contribution < -0.4 is 5.32 Å². The maximum Gasteiger partial charge on any atom is 0.273 e. The number of amides is 1. The number of nitrogens with zero attached hydrogens (tertiary/aromatic N) is 1. The second kappa shape index (κ2) is 6.03. The van der Waals surface area contributed by atoms with Gasteiger partial charge in [-0.1, -0.05) is 20.8 Å². The van der Waals surface area contributed by atoms with Gasteiger partial charge in [-0.2, -0.15) is 0 Å². The van der Waals surface area contributed by atoms with Crippen molar-refractivity contribution in [3.8, 4) is 0 Å². The molecule has 0 radical (unpaired) electrons. The van der Waals surface area contributed by atoms with Crippen LogP contribution in [0.4, 0.5) is 0 Å². The summed E-state index contributed by atoms with van der Waals surface area (Å²) >= 11 is 0. The molecule has 2 fully saturated rings. The van der Waals surface area contributed by atoms with Crippen LogP contribution in [0.2, 0.25) is 0 Å². The second-order valence-corrected chi connectivity index (χ2v) is 7.53. The first kappa shape index (κ1) is 15.5. The van der Waals surface area contributed by atoms with Crippen LogP contribution in [0.5, 0.6) is 0 Å². The Hall–Kier alpha value is -1.36. The first-order chi connectivity index (χ1) is 10.5. The Morgan fingerprint density at radius 3 is 2.91 bits per heavy atom. The molecule has 5 nitrogen and oxygen atoms in total. The van der Waals surface area contributed by atoms with Crippen LogP contribution in [0, 0.1) is 11.3 Å². The normalized spacial score (nSPS) is 31.1. The Balaban J connectivity index is 1.66. The van der Waals surface area contributed by atoms with E-state index in [0.29, 0.717) is 22.8 Å². The lowest BCUT2D eigenvalue weighted by Crippen LogP contribution is -2.44. The third kappa shape index (κ3) is 3.19. The number of oxazole rings is 1. The number of hydrogen-bond acceptors (Lipinski definition) is 4. The summed E-state index contributed by atoms with van der Waals surface area (Å²) in [5, 5.41) is 3.16. The highest BCUT2D eigenvalue weighted by atomic mass is 16.5. The molecule has 0 aromatic carbocycles. The Kier molecular flexibility index (Phi) is 4.26. The molecule has 22 heavy (non-hydrogen) atoms. The zero-order chi connectivity index (χ0) is 15.7. The maximum atomic E-state index is 12.6.